The maximum Gasteiger partial charge on any atom is 0.243 e. The summed E-state index contributed by atoms with van der Waals surface area (Å²) in [6.45, 7) is 1.94. The molecule has 0 radical (unpaired) electrons. The van der Waals surface area contributed by atoms with Crippen LogP contribution in [-0.4, -0.2) is 25.5 Å². The number of aromatic nitrogens is 1. The first-order valence-corrected chi connectivity index (χ1v) is 9.09. The van der Waals surface area contributed by atoms with Gasteiger partial charge in [0.15, 0.2) is 0 Å². The summed E-state index contributed by atoms with van der Waals surface area (Å²) >= 11 is 0. The second-order valence-corrected chi connectivity index (χ2v) is 7.70. The molecule has 5 nitrogen and oxygen atoms in total. The van der Waals surface area contributed by atoms with Crippen LogP contribution in [0.1, 0.15) is 31.2 Å². The molecule has 1 heterocycles. The maximum absolute atomic E-state index is 12.7. The van der Waals surface area contributed by atoms with Gasteiger partial charge in [-0.1, -0.05) is 25.0 Å². The minimum absolute atomic E-state index is 0.117. The molecule has 118 valence electrons. The molecule has 0 spiro atoms. The van der Waals surface area contributed by atoms with Gasteiger partial charge in [0.1, 0.15) is 4.90 Å². The van der Waals surface area contributed by atoms with Crippen molar-refractivity contribution in [2.75, 3.05) is 0 Å². The number of hydrogen-bond acceptors (Lipinski definition) is 4. The molecule has 0 aliphatic heterocycles. The van der Waals surface area contributed by atoms with Gasteiger partial charge in [0.05, 0.1) is 5.52 Å². The normalized spacial score (nSPS) is 22.8. The highest BCUT2D eigenvalue weighted by Crippen LogP contribution is 2.24. The summed E-state index contributed by atoms with van der Waals surface area (Å²) in [6.07, 6.45) is 5.41. The second kappa shape index (κ2) is 5.95. The van der Waals surface area contributed by atoms with Gasteiger partial charge in [0.25, 0.3) is 0 Å². The number of pyridine rings is 1. The van der Waals surface area contributed by atoms with Crippen molar-refractivity contribution >= 4 is 20.9 Å². The average Bonchev–Trinajstić information content (AvgIpc) is 2.48. The molecular weight excluding hydrogens is 298 g/mol. The Hall–Kier alpha value is -1.50. The molecule has 1 aromatic carbocycles. The SMILES string of the molecule is Cc1cnc2c(S(=O)(=O)N[C@@H]3CCCC[C@H]3N)cccc2c1. The lowest BCUT2D eigenvalue weighted by atomic mass is 9.92. The van der Waals surface area contributed by atoms with Crippen LogP contribution in [0.5, 0.6) is 0 Å². The number of hydrogen-bond donors (Lipinski definition) is 2. The summed E-state index contributed by atoms with van der Waals surface area (Å²) < 4.78 is 28.3. The van der Waals surface area contributed by atoms with Crippen LogP contribution in [-0.2, 0) is 10.0 Å². The summed E-state index contributed by atoms with van der Waals surface area (Å²) in [6, 6.07) is 6.85. The summed E-state index contributed by atoms with van der Waals surface area (Å²) in [5, 5.41) is 0.829. The van der Waals surface area contributed by atoms with E-state index in [0.29, 0.717) is 5.52 Å². The number of para-hydroxylation sites is 1. The molecule has 1 saturated carbocycles. The Bertz CT molecular complexity index is 789. The van der Waals surface area contributed by atoms with E-state index in [1.807, 2.05) is 19.1 Å². The van der Waals surface area contributed by atoms with Crippen molar-refractivity contribution < 1.29 is 8.42 Å². The molecule has 0 saturated heterocycles. The molecule has 0 unspecified atom stereocenters. The van der Waals surface area contributed by atoms with Crippen molar-refractivity contribution in [1.29, 1.82) is 0 Å². The van der Waals surface area contributed by atoms with Gasteiger partial charge in [0.2, 0.25) is 10.0 Å². The molecule has 3 N–H and O–H groups in total. The van der Waals surface area contributed by atoms with Gasteiger partial charge in [0, 0.05) is 23.7 Å². The summed E-state index contributed by atoms with van der Waals surface area (Å²) in [5.41, 5.74) is 7.56. The van der Waals surface area contributed by atoms with Crippen molar-refractivity contribution in [2.24, 2.45) is 5.73 Å². The van der Waals surface area contributed by atoms with Gasteiger partial charge in [-0.15, -0.1) is 0 Å². The fraction of sp³-hybridized carbons (Fsp3) is 0.438. The quantitative estimate of drug-likeness (QED) is 0.907. The minimum Gasteiger partial charge on any atom is -0.326 e. The lowest BCUT2D eigenvalue weighted by Crippen LogP contribution is -2.49. The first-order chi connectivity index (χ1) is 10.5. The molecule has 0 amide bonds. The van der Waals surface area contributed by atoms with Crippen LogP contribution < -0.4 is 10.5 Å². The maximum atomic E-state index is 12.7. The molecule has 1 fully saturated rings. The van der Waals surface area contributed by atoms with E-state index >= 15 is 0 Å². The van der Waals surface area contributed by atoms with Crippen molar-refractivity contribution in [2.45, 2.75) is 49.6 Å². The number of rotatable bonds is 3. The molecule has 6 heteroatoms. The predicted molar refractivity (Wildman–Crippen MR) is 87.0 cm³/mol. The fourth-order valence-corrected chi connectivity index (χ4v) is 4.53. The summed E-state index contributed by atoms with van der Waals surface area (Å²) in [7, 11) is -3.62. The molecule has 2 atom stereocenters. The smallest absolute Gasteiger partial charge is 0.243 e. The van der Waals surface area contributed by atoms with E-state index < -0.39 is 10.0 Å². The molecule has 0 bridgehead atoms. The van der Waals surface area contributed by atoms with Crippen molar-refractivity contribution in [1.82, 2.24) is 9.71 Å². The third kappa shape index (κ3) is 2.99. The van der Waals surface area contributed by atoms with Crippen LogP contribution in [0.4, 0.5) is 0 Å². The van der Waals surface area contributed by atoms with Gasteiger partial charge in [-0.2, -0.15) is 0 Å². The van der Waals surface area contributed by atoms with Crippen LogP contribution in [0.3, 0.4) is 0 Å². The van der Waals surface area contributed by atoms with Crippen molar-refractivity contribution in [3.05, 3.63) is 36.0 Å². The zero-order chi connectivity index (χ0) is 15.7. The Morgan fingerprint density at radius 3 is 2.82 bits per heavy atom. The van der Waals surface area contributed by atoms with Crippen LogP contribution in [0.2, 0.25) is 0 Å². The van der Waals surface area contributed by atoms with E-state index in [-0.39, 0.29) is 17.0 Å². The van der Waals surface area contributed by atoms with Crippen LogP contribution in [0.15, 0.2) is 35.4 Å². The standard InChI is InChI=1S/C16H21N3O2S/c1-11-9-12-5-4-8-15(16(12)18-10-11)22(20,21)19-14-7-3-2-6-13(14)17/h4-5,8-10,13-14,19H,2-3,6-7,17H2,1H3/t13-,14-/m1/s1. The average molecular weight is 319 g/mol. The zero-order valence-corrected chi connectivity index (χ0v) is 13.4. The van der Waals surface area contributed by atoms with Gasteiger partial charge < -0.3 is 5.73 Å². The van der Waals surface area contributed by atoms with E-state index in [4.69, 9.17) is 5.73 Å². The van der Waals surface area contributed by atoms with E-state index in [2.05, 4.69) is 9.71 Å². The van der Waals surface area contributed by atoms with E-state index in [9.17, 15) is 8.42 Å². The molecule has 2 aromatic rings. The van der Waals surface area contributed by atoms with E-state index in [1.54, 1.807) is 18.3 Å². The third-order valence-electron chi connectivity index (χ3n) is 4.23. The number of benzene rings is 1. The summed E-state index contributed by atoms with van der Waals surface area (Å²) in [4.78, 5) is 4.53. The number of sulfonamides is 1. The Morgan fingerprint density at radius 2 is 2.05 bits per heavy atom. The predicted octanol–water partition coefficient (Wildman–Crippen LogP) is 2.09. The highest BCUT2D eigenvalue weighted by molar-refractivity contribution is 7.89. The van der Waals surface area contributed by atoms with Crippen molar-refractivity contribution in [3.63, 3.8) is 0 Å². The number of nitrogens with one attached hydrogen (secondary N) is 1. The number of aryl methyl sites for hydroxylation is 1. The number of nitrogens with zero attached hydrogens (tertiary/aromatic N) is 1. The molecule has 1 aliphatic carbocycles. The second-order valence-electron chi connectivity index (χ2n) is 6.02. The van der Waals surface area contributed by atoms with Gasteiger partial charge >= 0.3 is 0 Å². The highest BCUT2D eigenvalue weighted by atomic mass is 32.2. The minimum atomic E-state index is -3.62. The topological polar surface area (TPSA) is 85.1 Å². The van der Waals surface area contributed by atoms with Gasteiger partial charge in [-0.05, 0) is 37.5 Å². The van der Waals surface area contributed by atoms with Gasteiger partial charge in [-0.25, -0.2) is 13.1 Å². The number of fused-ring (bicyclic) bond motifs is 1. The van der Waals surface area contributed by atoms with Crippen LogP contribution in [0.25, 0.3) is 10.9 Å². The van der Waals surface area contributed by atoms with E-state index in [0.717, 1.165) is 36.6 Å². The van der Waals surface area contributed by atoms with Crippen LogP contribution >= 0.6 is 0 Å². The molecule has 1 aromatic heterocycles. The van der Waals surface area contributed by atoms with Crippen molar-refractivity contribution in [3.8, 4) is 0 Å². The molecule has 3 rings (SSSR count). The largest absolute Gasteiger partial charge is 0.326 e. The first kappa shape index (κ1) is 15.4. The molecule has 1 aliphatic rings. The first-order valence-electron chi connectivity index (χ1n) is 7.61. The molecular formula is C16H21N3O2S. The third-order valence-corrected chi connectivity index (χ3v) is 5.75. The number of nitrogens with two attached hydrogens (primary N) is 1. The fourth-order valence-electron chi connectivity index (χ4n) is 3.03. The molecule has 22 heavy (non-hydrogen) atoms. The Balaban J connectivity index is 1.98. The zero-order valence-electron chi connectivity index (χ0n) is 12.6. The lowest BCUT2D eigenvalue weighted by molar-refractivity contribution is 0.361. The van der Waals surface area contributed by atoms with E-state index in [1.165, 1.54) is 0 Å². The lowest BCUT2D eigenvalue weighted by Gasteiger charge is -2.29. The highest BCUT2D eigenvalue weighted by Gasteiger charge is 2.28. The Labute approximate surface area is 131 Å². The van der Waals surface area contributed by atoms with Gasteiger partial charge in [-0.3, -0.25) is 4.98 Å². The summed E-state index contributed by atoms with van der Waals surface area (Å²) in [5.74, 6) is 0. The Kier molecular flexibility index (Phi) is 4.16. The van der Waals surface area contributed by atoms with Crippen LogP contribution in [0, 0.1) is 6.92 Å². The monoisotopic (exact) mass is 319 g/mol. The Morgan fingerprint density at radius 1 is 1.27 bits per heavy atom.